The van der Waals surface area contributed by atoms with E-state index in [-0.39, 0.29) is 34.1 Å². The van der Waals surface area contributed by atoms with E-state index in [1.807, 2.05) is 109 Å². The third-order valence-corrected chi connectivity index (χ3v) is 10.1. The first-order chi connectivity index (χ1) is 31.5. The van der Waals surface area contributed by atoms with Crippen LogP contribution in [0.15, 0.2) is 198 Å². The lowest BCUT2D eigenvalue weighted by atomic mass is 9.99. The maximum absolute atomic E-state index is 9.24. The predicted molar refractivity (Wildman–Crippen MR) is 229 cm³/mol. The highest BCUT2D eigenvalue weighted by Crippen LogP contribution is 2.40. The normalized spacial score (nSPS) is 13.8. The van der Waals surface area contributed by atoms with Crippen molar-refractivity contribution < 1.29 is 16.8 Å². The monoisotopic (exact) mass is 725 g/mol. The summed E-state index contributed by atoms with van der Waals surface area (Å²) < 4.78 is 86.6. The summed E-state index contributed by atoms with van der Waals surface area (Å²) in [7, 11) is 0. The van der Waals surface area contributed by atoms with Crippen molar-refractivity contribution in [1.29, 1.82) is 0 Å². The molecule has 0 unspecified atom stereocenters. The molecular formula is C51H32N4O. The van der Waals surface area contributed by atoms with Crippen LogP contribution in [0, 0.1) is 0 Å². The van der Waals surface area contributed by atoms with Gasteiger partial charge < -0.3 is 8.98 Å². The highest BCUT2D eigenvalue weighted by molar-refractivity contribution is 6.16. The van der Waals surface area contributed by atoms with Gasteiger partial charge in [-0.2, -0.15) is 0 Å². The Labute approximate surface area is 335 Å². The number of aromatic nitrogens is 4. The number of para-hydroxylation sites is 2. The van der Waals surface area contributed by atoms with E-state index in [1.54, 1.807) is 22.8 Å². The molecule has 262 valence electrons. The molecule has 0 aliphatic carbocycles. The molecule has 11 rings (SSSR count). The fourth-order valence-electron chi connectivity index (χ4n) is 7.57. The first-order valence-electron chi connectivity index (χ1n) is 22.5. The SMILES string of the molecule is [2H]c1c([2H])c([2H])c(-c2cccc3c2c2c([2H])c([2H])c([2H])c([2H])c2n3-c2cccc(-c3nc(-c4ccc(-c5ccccc5)cc4)nc(-c4cccc5oc6ccccc6c45)n3)c2)c([2H])c1[2H]. The zero-order chi connectivity index (χ0) is 44.8. The Kier molecular flexibility index (Phi) is 5.57. The molecule has 0 fully saturated rings. The summed E-state index contributed by atoms with van der Waals surface area (Å²) in [4.78, 5) is 15.3. The Morgan fingerprint density at radius 2 is 1.05 bits per heavy atom. The molecule has 5 nitrogen and oxygen atoms in total. The van der Waals surface area contributed by atoms with Crippen LogP contribution in [0.2, 0.25) is 0 Å². The number of fused-ring (bicyclic) bond motifs is 6. The number of rotatable bonds is 6. The molecule has 0 atom stereocenters. The maximum atomic E-state index is 9.24. The molecular weight excluding hydrogens is 685 g/mol. The summed E-state index contributed by atoms with van der Waals surface area (Å²) in [6.07, 6.45) is 0. The van der Waals surface area contributed by atoms with Gasteiger partial charge in [-0.1, -0.05) is 158 Å². The largest absolute Gasteiger partial charge is 0.456 e. The lowest BCUT2D eigenvalue weighted by molar-refractivity contribution is 0.669. The van der Waals surface area contributed by atoms with E-state index in [0.29, 0.717) is 45.2 Å². The van der Waals surface area contributed by atoms with E-state index in [4.69, 9.17) is 29.0 Å². The van der Waals surface area contributed by atoms with Crippen LogP contribution >= 0.6 is 0 Å². The van der Waals surface area contributed by atoms with E-state index in [9.17, 15) is 2.74 Å². The molecule has 11 aromatic rings. The molecule has 0 radical (unpaired) electrons. The number of hydrogen-bond donors (Lipinski definition) is 0. The molecule has 0 N–H and O–H groups in total. The maximum Gasteiger partial charge on any atom is 0.164 e. The Morgan fingerprint density at radius 1 is 0.411 bits per heavy atom. The van der Waals surface area contributed by atoms with Crippen molar-refractivity contribution >= 4 is 43.7 Å². The quantitative estimate of drug-likeness (QED) is 0.171. The summed E-state index contributed by atoms with van der Waals surface area (Å²) in [6, 6.07) is 40.1. The van der Waals surface area contributed by atoms with Gasteiger partial charge in [-0.15, -0.1) is 0 Å². The van der Waals surface area contributed by atoms with Crippen molar-refractivity contribution in [1.82, 2.24) is 19.5 Å². The standard InChI is InChI=1S/C51H32N4O/c1-3-14-33(15-4-1)34-28-30-36(31-29-34)49-52-50(54-51(53-49)42-23-13-27-46-48(42)41-21-8-10-26-45(41)56-46)37-18-11-19-38(32-37)55-43-24-9-7-20-40(43)47-39(22-12-25-44(47)55)35-16-5-2-6-17-35/h1-32H/i2D,5D,6D,7D,9D,16D,17D,20D,24D. The Balaban J connectivity index is 1.16. The van der Waals surface area contributed by atoms with Crippen molar-refractivity contribution in [2.24, 2.45) is 0 Å². The van der Waals surface area contributed by atoms with Crippen LogP contribution in [0.25, 0.3) is 106 Å². The van der Waals surface area contributed by atoms with Gasteiger partial charge in [-0.05, 0) is 58.6 Å². The third kappa shape index (κ3) is 5.29. The molecule has 3 aromatic heterocycles. The van der Waals surface area contributed by atoms with Crippen LogP contribution in [0.3, 0.4) is 0 Å². The summed E-state index contributed by atoms with van der Waals surface area (Å²) in [6.45, 7) is 0. The van der Waals surface area contributed by atoms with Crippen molar-refractivity contribution in [3.63, 3.8) is 0 Å². The van der Waals surface area contributed by atoms with Crippen LogP contribution in [0.5, 0.6) is 0 Å². The predicted octanol–water partition coefficient (Wildman–Crippen LogP) is 13.2. The second-order valence-electron chi connectivity index (χ2n) is 13.3. The van der Waals surface area contributed by atoms with Crippen LogP contribution in [-0.2, 0) is 0 Å². The number of hydrogen-bond acceptors (Lipinski definition) is 4. The second-order valence-corrected chi connectivity index (χ2v) is 13.3. The van der Waals surface area contributed by atoms with Gasteiger partial charge in [0.05, 0.1) is 23.4 Å². The van der Waals surface area contributed by atoms with Gasteiger partial charge in [0.25, 0.3) is 0 Å². The third-order valence-electron chi connectivity index (χ3n) is 10.1. The molecule has 0 saturated carbocycles. The molecule has 3 heterocycles. The minimum Gasteiger partial charge on any atom is -0.456 e. The Hall–Kier alpha value is -7.63. The second kappa shape index (κ2) is 13.0. The highest BCUT2D eigenvalue weighted by atomic mass is 16.3. The fraction of sp³-hybridized carbons (Fsp3) is 0. The topological polar surface area (TPSA) is 56.7 Å². The molecule has 0 spiro atoms. The zero-order valence-corrected chi connectivity index (χ0v) is 29.5. The molecule has 0 aliphatic heterocycles. The van der Waals surface area contributed by atoms with Gasteiger partial charge in [-0.25, -0.2) is 15.0 Å². The molecule has 0 aliphatic rings. The van der Waals surface area contributed by atoms with Crippen molar-refractivity contribution in [3.05, 3.63) is 194 Å². The van der Waals surface area contributed by atoms with Gasteiger partial charge >= 0.3 is 0 Å². The van der Waals surface area contributed by atoms with Crippen LogP contribution in [0.4, 0.5) is 0 Å². The van der Waals surface area contributed by atoms with Crippen molar-refractivity contribution in [2.75, 3.05) is 0 Å². The lowest BCUT2D eigenvalue weighted by Crippen LogP contribution is -2.01. The van der Waals surface area contributed by atoms with E-state index >= 15 is 0 Å². The van der Waals surface area contributed by atoms with Crippen molar-refractivity contribution in [3.8, 4) is 62.1 Å². The first kappa shape index (κ1) is 23.9. The minimum absolute atomic E-state index is 0.0794. The summed E-state index contributed by atoms with van der Waals surface area (Å²) in [5, 5.41) is 2.22. The van der Waals surface area contributed by atoms with Crippen LogP contribution in [-0.4, -0.2) is 19.5 Å². The summed E-state index contributed by atoms with van der Waals surface area (Å²) >= 11 is 0. The summed E-state index contributed by atoms with van der Waals surface area (Å²) in [5.41, 5.74) is 6.83. The molecule has 0 saturated heterocycles. The van der Waals surface area contributed by atoms with E-state index in [1.165, 1.54) is 0 Å². The molecule has 0 bridgehead atoms. The average Bonchev–Trinajstić information content (AvgIpc) is 3.91. The molecule has 8 aromatic carbocycles. The van der Waals surface area contributed by atoms with Gasteiger partial charge in [0, 0.05) is 43.9 Å². The smallest absolute Gasteiger partial charge is 0.164 e. The highest BCUT2D eigenvalue weighted by Gasteiger charge is 2.20. The molecule has 5 heteroatoms. The minimum atomic E-state index is -0.541. The van der Waals surface area contributed by atoms with Gasteiger partial charge in [-0.3, -0.25) is 0 Å². The van der Waals surface area contributed by atoms with E-state index < -0.39 is 42.3 Å². The van der Waals surface area contributed by atoms with Crippen molar-refractivity contribution in [2.45, 2.75) is 0 Å². The van der Waals surface area contributed by atoms with E-state index in [2.05, 4.69) is 12.1 Å². The molecule has 0 amide bonds. The number of nitrogens with zero attached hydrogens (tertiary/aromatic N) is 4. The zero-order valence-electron chi connectivity index (χ0n) is 38.5. The first-order valence-corrected chi connectivity index (χ1v) is 18.0. The fourth-order valence-corrected chi connectivity index (χ4v) is 7.57. The van der Waals surface area contributed by atoms with Gasteiger partial charge in [0.15, 0.2) is 17.5 Å². The summed E-state index contributed by atoms with van der Waals surface area (Å²) in [5.74, 6) is 1.18. The van der Waals surface area contributed by atoms with Crippen LogP contribution < -0.4 is 0 Å². The number of furan rings is 1. The Bertz CT molecular complexity index is 3750. The van der Waals surface area contributed by atoms with Gasteiger partial charge in [0.1, 0.15) is 11.2 Å². The van der Waals surface area contributed by atoms with E-state index in [0.717, 1.165) is 38.6 Å². The Morgan fingerprint density at radius 3 is 1.93 bits per heavy atom. The lowest BCUT2D eigenvalue weighted by Gasteiger charge is -2.12. The number of benzene rings is 8. The average molecular weight is 726 g/mol. The molecule has 56 heavy (non-hydrogen) atoms. The van der Waals surface area contributed by atoms with Gasteiger partial charge in [0.2, 0.25) is 0 Å². The van der Waals surface area contributed by atoms with Crippen LogP contribution in [0.1, 0.15) is 12.3 Å².